The van der Waals surface area contributed by atoms with Crippen LogP contribution in [0.4, 0.5) is 0 Å². The molecule has 2 aliphatic carbocycles. The Hall–Kier alpha value is -2.33. The van der Waals surface area contributed by atoms with Crippen LogP contribution in [0, 0.1) is 10.4 Å². The molecule has 4 nitrogen and oxygen atoms in total. The van der Waals surface area contributed by atoms with Crippen LogP contribution < -0.4 is 5.73 Å². The molecule has 0 fully saturated rings. The Balaban J connectivity index is 0.000000156. The Morgan fingerprint density at radius 1 is 1.29 bits per heavy atom. The SMILES string of the molecule is CC(C(N)=O)c1ccc2ocnc2c1.Clc1cc2ccc1=2. The molecule has 4 rings (SSSR count). The number of benzene rings is 2. The first-order chi connectivity index (χ1) is 10.1. The second-order valence-electron chi connectivity index (χ2n) is 4.90. The topological polar surface area (TPSA) is 69.1 Å². The standard InChI is InChI=1S/C10H10N2O2.C6H3Cl/c1-6(10(11)13)7-2-3-9-8(4-7)12-5-14-9;7-6-3-4-1-2-5(4)6/h2-6H,1H3,(H2,11,13);1-3H. The molecule has 1 aromatic heterocycles. The highest BCUT2D eigenvalue weighted by atomic mass is 35.5. The molecule has 0 bridgehead atoms. The average molecular weight is 301 g/mol. The largest absolute Gasteiger partial charge is 0.443 e. The van der Waals surface area contributed by atoms with Crippen molar-refractivity contribution in [3.8, 4) is 0 Å². The van der Waals surface area contributed by atoms with Gasteiger partial charge in [-0.25, -0.2) is 4.98 Å². The van der Waals surface area contributed by atoms with Gasteiger partial charge in [0.2, 0.25) is 5.91 Å². The van der Waals surface area contributed by atoms with Crippen LogP contribution >= 0.6 is 11.6 Å². The normalized spacial score (nSPS) is 12.5. The summed E-state index contributed by atoms with van der Waals surface area (Å²) in [6, 6.07) is 11.5. The predicted octanol–water partition coefficient (Wildman–Crippen LogP) is 3.36. The van der Waals surface area contributed by atoms with Crippen LogP contribution in [0.25, 0.3) is 11.1 Å². The minimum atomic E-state index is -0.340. The van der Waals surface area contributed by atoms with E-state index >= 15 is 0 Å². The molecule has 0 saturated heterocycles. The summed E-state index contributed by atoms with van der Waals surface area (Å²) in [6.45, 7) is 1.77. The van der Waals surface area contributed by atoms with Crippen LogP contribution in [-0.2, 0) is 4.79 Å². The van der Waals surface area contributed by atoms with E-state index in [4.69, 9.17) is 21.8 Å². The number of nitrogens with two attached hydrogens (primary N) is 1. The Morgan fingerprint density at radius 2 is 2.10 bits per heavy atom. The zero-order valence-corrected chi connectivity index (χ0v) is 12.1. The second-order valence-corrected chi connectivity index (χ2v) is 5.31. The predicted molar refractivity (Wildman–Crippen MR) is 80.7 cm³/mol. The summed E-state index contributed by atoms with van der Waals surface area (Å²) in [4.78, 5) is 15.0. The highest BCUT2D eigenvalue weighted by Gasteiger charge is 2.12. The van der Waals surface area contributed by atoms with Crippen molar-refractivity contribution < 1.29 is 9.21 Å². The molecule has 1 atom stereocenters. The number of carbonyl (C=O) groups excluding carboxylic acids is 1. The molecule has 21 heavy (non-hydrogen) atoms. The molecule has 106 valence electrons. The summed E-state index contributed by atoms with van der Waals surface area (Å²) in [5.41, 5.74) is 7.52. The maximum atomic E-state index is 11.0. The van der Waals surface area contributed by atoms with Gasteiger partial charge in [0.25, 0.3) is 0 Å². The number of hydrogen-bond acceptors (Lipinski definition) is 3. The number of fused-ring (bicyclic) bond motifs is 1. The summed E-state index contributed by atoms with van der Waals surface area (Å²) in [6.07, 6.45) is 1.38. The van der Waals surface area contributed by atoms with Crippen molar-refractivity contribution in [2.45, 2.75) is 12.8 Å². The van der Waals surface area contributed by atoms with Gasteiger partial charge < -0.3 is 10.2 Å². The van der Waals surface area contributed by atoms with Gasteiger partial charge in [0.15, 0.2) is 12.0 Å². The van der Waals surface area contributed by atoms with Crippen molar-refractivity contribution in [1.82, 2.24) is 4.98 Å². The van der Waals surface area contributed by atoms with Crippen LogP contribution in [-0.4, -0.2) is 10.9 Å². The third-order valence-electron chi connectivity index (χ3n) is 3.56. The number of primary amides is 1. The Kier molecular flexibility index (Phi) is 3.39. The van der Waals surface area contributed by atoms with Crippen LogP contribution in [0.2, 0.25) is 5.02 Å². The van der Waals surface area contributed by atoms with Gasteiger partial charge in [0.1, 0.15) is 5.52 Å². The van der Waals surface area contributed by atoms with Crippen molar-refractivity contribution in [2.75, 3.05) is 0 Å². The minimum Gasteiger partial charge on any atom is -0.443 e. The maximum Gasteiger partial charge on any atom is 0.224 e. The first-order valence-corrected chi connectivity index (χ1v) is 6.86. The van der Waals surface area contributed by atoms with E-state index in [1.165, 1.54) is 16.8 Å². The number of halogens is 1. The molecule has 5 heteroatoms. The van der Waals surface area contributed by atoms with Crippen LogP contribution in [0.5, 0.6) is 0 Å². The molecular formula is C16H13ClN2O2. The molecule has 2 aliphatic rings. The molecule has 2 N–H and O–H groups in total. The zero-order chi connectivity index (χ0) is 15.0. The van der Waals surface area contributed by atoms with E-state index in [9.17, 15) is 4.79 Å². The van der Waals surface area contributed by atoms with E-state index in [0.717, 1.165) is 16.1 Å². The molecule has 1 amide bonds. The molecule has 0 saturated carbocycles. The van der Waals surface area contributed by atoms with Gasteiger partial charge in [0.05, 0.1) is 5.92 Å². The highest BCUT2D eigenvalue weighted by molar-refractivity contribution is 6.31. The van der Waals surface area contributed by atoms with Crippen molar-refractivity contribution >= 4 is 28.6 Å². The number of aromatic nitrogens is 1. The van der Waals surface area contributed by atoms with Gasteiger partial charge in [-0.05, 0) is 35.9 Å². The Labute approximate surface area is 125 Å². The van der Waals surface area contributed by atoms with Crippen molar-refractivity contribution in [2.24, 2.45) is 5.73 Å². The van der Waals surface area contributed by atoms with Crippen LogP contribution in [0.3, 0.4) is 0 Å². The van der Waals surface area contributed by atoms with Crippen LogP contribution in [0.1, 0.15) is 18.4 Å². The van der Waals surface area contributed by atoms with Crippen molar-refractivity contribution in [1.29, 1.82) is 0 Å². The van der Waals surface area contributed by atoms with E-state index in [-0.39, 0.29) is 11.8 Å². The van der Waals surface area contributed by atoms with Gasteiger partial charge in [-0.3, -0.25) is 4.79 Å². The van der Waals surface area contributed by atoms with E-state index in [2.05, 4.69) is 11.1 Å². The molecule has 1 unspecified atom stereocenters. The van der Waals surface area contributed by atoms with Gasteiger partial charge in [0, 0.05) is 10.2 Å². The Morgan fingerprint density at radius 3 is 2.57 bits per heavy atom. The number of nitrogens with zero attached hydrogens (tertiary/aromatic N) is 1. The number of carbonyl (C=O) groups is 1. The highest BCUT2D eigenvalue weighted by Crippen LogP contribution is 2.21. The second kappa shape index (κ2) is 5.22. The van der Waals surface area contributed by atoms with E-state index in [0.29, 0.717) is 5.58 Å². The molecule has 2 aromatic rings. The van der Waals surface area contributed by atoms with Crippen LogP contribution in [0.15, 0.2) is 47.2 Å². The van der Waals surface area contributed by atoms with E-state index < -0.39 is 0 Å². The summed E-state index contributed by atoms with van der Waals surface area (Å²) in [5.74, 6) is -0.635. The first kappa shape index (κ1) is 13.6. The zero-order valence-electron chi connectivity index (χ0n) is 11.3. The lowest BCUT2D eigenvalue weighted by atomic mass is 10.0. The van der Waals surface area contributed by atoms with E-state index in [1.54, 1.807) is 13.0 Å². The summed E-state index contributed by atoms with van der Waals surface area (Å²) in [5, 5.41) is 3.46. The van der Waals surface area contributed by atoms with Crippen molar-refractivity contribution in [3.05, 3.63) is 63.8 Å². The van der Waals surface area contributed by atoms with Crippen molar-refractivity contribution in [3.63, 3.8) is 0 Å². The number of oxazole rings is 1. The van der Waals surface area contributed by atoms with Gasteiger partial charge in [-0.2, -0.15) is 0 Å². The quantitative estimate of drug-likeness (QED) is 0.617. The molecule has 0 radical (unpaired) electrons. The fourth-order valence-electron chi connectivity index (χ4n) is 2.05. The summed E-state index contributed by atoms with van der Waals surface area (Å²) < 4.78 is 5.09. The molecule has 0 aliphatic heterocycles. The number of amides is 1. The number of rotatable bonds is 2. The minimum absolute atomic E-state index is 0.295. The number of hydrogen-bond donors (Lipinski definition) is 1. The fourth-order valence-corrected chi connectivity index (χ4v) is 2.34. The first-order valence-electron chi connectivity index (χ1n) is 6.48. The lowest BCUT2D eigenvalue weighted by molar-refractivity contribution is -0.119. The molecule has 0 spiro atoms. The summed E-state index contributed by atoms with van der Waals surface area (Å²) >= 11 is 5.60. The Bertz CT molecular complexity index is 917. The lowest BCUT2D eigenvalue weighted by Crippen LogP contribution is -2.18. The molecule has 1 heterocycles. The monoisotopic (exact) mass is 300 g/mol. The maximum absolute atomic E-state index is 11.0. The lowest BCUT2D eigenvalue weighted by Gasteiger charge is -2.06. The third kappa shape index (κ3) is 2.50. The summed E-state index contributed by atoms with van der Waals surface area (Å²) in [7, 11) is 0. The average Bonchev–Trinajstić information content (AvgIpc) is 2.91. The fraction of sp³-hybridized carbons (Fsp3) is 0.125. The van der Waals surface area contributed by atoms with Gasteiger partial charge in [-0.1, -0.05) is 29.8 Å². The van der Waals surface area contributed by atoms with Gasteiger partial charge in [-0.15, -0.1) is 0 Å². The third-order valence-corrected chi connectivity index (χ3v) is 3.87. The van der Waals surface area contributed by atoms with Gasteiger partial charge >= 0.3 is 0 Å². The molecular weight excluding hydrogens is 288 g/mol. The molecule has 1 aromatic carbocycles. The smallest absolute Gasteiger partial charge is 0.224 e. The van der Waals surface area contributed by atoms with E-state index in [1.807, 2.05) is 24.3 Å².